The number of urea groups is 1. The molecule has 0 saturated heterocycles. The van der Waals surface area contributed by atoms with Crippen LogP contribution < -0.4 is 10.6 Å². The topological polar surface area (TPSA) is 92.9 Å². The van der Waals surface area contributed by atoms with Crippen molar-refractivity contribution in [2.24, 2.45) is 0 Å². The third kappa shape index (κ3) is 5.31. The zero-order valence-electron chi connectivity index (χ0n) is 13.7. The van der Waals surface area contributed by atoms with Crippen LogP contribution in [0.4, 0.5) is 4.79 Å². The maximum atomic E-state index is 11.9. The van der Waals surface area contributed by atoms with E-state index in [-0.39, 0.29) is 18.0 Å². The molecular formula is C15H23N5O2S. The molecule has 0 radical (unpaired) electrons. The number of carbonyl (C=O) groups is 1. The molecule has 0 aliphatic carbocycles. The third-order valence-corrected chi connectivity index (χ3v) is 4.21. The van der Waals surface area contributed by atoms with Crippen LogP contribution in [0.3, 0.4) is 0 Å². The zero-order valence-corrected chi connectivity index (χ0v) is 14.5. The number of hydrogen-bond acceptors (Lipinski definition) is 6. The molecular weight excluding hydrogens is 314 g/mol. The molecule has 23 heavy (non-hydrogen) atoms. The van der Waals surface area contributed by atoms with Gasteiger partial charge in [0.15, 0.2) is 5.82 Å². The average molecular weight is 337 g/mol. The molecule has 1 atom stereocenters. The highest BCUT2D eigenvalue weighted by Gasteiger charge is 2.14. The normalized spacial score (nSPS) is 12.3. The number of carbonyl (C=O) groups excluding carboxylic acids is 1. The predicted molar refractivity (Wildman–Crippen MR) is 88.4 cm³/mol. The Morgan fingerprint density at radius 2 is 2.26 bits per heavy atom. The summed E-state index contributed by atoms with van der Waals surface area (Å²) < 4.78 is 5.17. The smallest absolute Gasteiger partial charge is 0.315 e. The Kier molecular flexibility index (Phi) is 6.52. The third-order valence-electron chi connectivity index (χ3n) is 3.32. The fraction of sp³-hybridized carbons (Fsp3) is 0.600. The van der Waals surface area contributed by atoms with E-state index in [1.54, 1.807) is 17.5 Å². The average Bonchev–Trinajstić information content (AvgIpc) is 3.20. The van der Waals surface area contributed by atoms with Gasteiger partial charge in [-0.1, -0.05) is 25.9 Å². The molecule has 0 fully saturated rings. The number of rotatable bonds is 8. The van der Waals surface area contributed by atoms with Crippen LogP contribution in [-0.2, 0) is 6.42 Å². The molecule has 0 spiro atoms. The second-order valence-corrected chi connectivity index (χ2v) is 6.46. The number of amides is 2. The van der Waals surface area contributed by atoms with Crippen LogP contribution in [0.15, 0.2) is 16.1 Å². The minimum absolute atomic E-state index is 0.0421. The van der Waals surface area contributed by atoms with E-state index in [1.165, 1.54) is 0 Å². The molecule has 2 amide bonds. The monoisotopic (exact) mass is 337 g/mol. The zero-order chi connectivity index (χ0) is 16.7. The molecule has 0 bridgehead atoms. The van der Waals surface area contributed by atoms with Crippen LogP contribution in [0, 0.1) is 0 Å². The van der Waals surface area contributed by atoms with Gasteiger partial charge in [0, 0.05) is 30.5 Å². The van der Waals surface area contributed by atoms with Crippen molar-refractivity contribution in [1.82, 2.24) is 25.8 Å². The lowest BCUT2D eigenvalue weighted by Gasteiger charge is -2.14. The molecule has 1 unspecified atom stereocenters. The maximum absolute atomic E-state index is 11.9. The van der Waals surface area contributed by atoms with E-state index >= 15 is 0 Å². The molecule has 0 saturated carbocycles. The van der Waals surface area contributed by atoms with Gasteiger partial charge in [-0.2, -0.15) is 4.98 Å². The van der Waals surface area contributed by atoms with Gasteiger partial charge in [-0.05, 0) is 12.8 Å². The van der Waals surface area contributed by atoms with Crippen LogP contribution in [-0.4, -0.2) is 27.7 Å². The van der Waals surface area contributed by atoms with Gasteiger partial charge in [-0.15, -0.1) is 11.3 Å². The SMILES string of the molecule is CCC(NC(=O)NCCCc1nc(C(C)C)no1)c1nccs1. The van der Waals surface area contributed by atoms with E-state index in [1.807, 2.05) is 26.2 Å². The van der Waals surface area contributed by atoms with Gasteiger partial charge in [-0.3, -0.25) is 0 Å². The van der Waals surface area contributed by atoms with Crippen LogP contribution in [0.1, 0.15) is 62.3 Å². The molecule has 0 aromatic carbocycles. The van der Waals surface area contributed by atoms with Gasteiger partial charge >= 0.3 is 6.03 Å². The maximum Gasteiger partial charge on any atom is 0.315 e. The second kappa shape index (κ2) is 8.61. The molecule has 0 aliphatic heterocycles. The van der Waals surface area contributed by atoms with E-state index in [0.29, 0.717) is 18.9 Å². The fourth-order valence-electron chi connectivity index (χ4n) is 2.00. The molecule has 8 heteroatoms. The van der Waals surface area contributed by atoms with Gasteiger partial charge in [0.2, 0.25) is 5.89 Å². The van der Waals surface area contributed by atoms with Crippen LogP contribution in [0.2, 0.25) is 0 Å². The number of nitrogens with zero attached hydrogens (tertiary/aromatic N) is 3. The van der Waals surface area contributed by atoms with Crippen LogP contribution >= 0.6 is 11.3 Å². The van der Waals surface area contributed by atoms with E-state index in [9.17, 15) is 4.79 Å². The Hall–Kier alpha value is -1.96. The summed E-state index contributed by atoms with van der Waals surface area (Å²) in [6.07, 6.45) is 3.96. The first-order valence-electron chi connectivity index (χ1n) is 7.86. The number of hydrogen-bond donors (Lipinski definition) is 2. The predicted octanol–water partition coefficient (Wildman–Crippen LogP) is 3.03. The first-order chi connectivity index (χ1) is 11.1. The Morgan fingerprint density at radius 3 is 2.87 bits per heavy atom. The summed E-state index contributed by atoms with van der Waals surface area (Å²) >= 11 is 1.55. The van der Waals surface area contributed by atoms with E-state index < -0.39 is 0 Å². The summed E-state index contributed by atoms with van der Waals surface area (Å²) in [4.78, 5) is 20.5. The van der Waals surface area contributed by atoms with Crippen molar-refractivity contribution in [3.8, 4) is 0 Å². The largest absolute Gasteiger partial charge is 0.339 e. The molecule has 2 rings (SSSR count). The summed E-state index contributed by atoms with van der Waals surface area (Å²) in [6, 6.07) is -0.222. The lowest BCUT2D eigenvalue weighted by Crippen LogP contribution is -2.38. The number of aromatic nitrogens is 3. The summed E-state index contributed by atoms with van der Waals surface area (Å²) in [5.74, 6) is 1.60. The second-order valence-electron chi connectivity index (χ2n) is 5.54. The Bertz CT molecular complexity index is 597. The van der Waals surface area contributed by atoms with Crippen LogP contribution in [0.25, 0.3) is 0 Å². The lowest BCUT2D eigenvalue weighted by molar-refractivity contribution is 0.236. The van der Waals surface area contributed by atoms with Crippen molar-refractivity contribution in [2.75, 3.05) is 6.54 Å². The summed E-state index contributed by atoms with van der Waals surface area (Å²) in [5, 5.41) is 12.5. The molecule has 126 valence electrons. The van der Waals surface area contributed by atoms with Gasteiger partial charge in [0.05, 0.1) is 6.04 Å². The fourth-order valence-corrected chi connectivity index (χ4v) is 2.77. The van der Waals surface area contributed by atoms with Gasteiger partial charge < -0.3 is 15.2 Å². The van der Waals surface area contributed by atoms with Crippen molar-refractivity contribution in [2.45, 2.75) is 52.0 Å². The summed E-state index contributed by atoms with van der Waals surface area (Å²) in [5.41, 5.74) is 0. The first-order valence-corrected chi connectivity index (χ1v) is 8.74. The first kappa shape index (κ1) is 17.4. The molecule has 2 heterocycles. The lowest BCUT2D eigenvalue weighted by atomic mass is 10.2. The van der Waals surface area contributed by atoms with Gasteiger partial charge in [-0.25, -0.2) is 9.78 Å². The van der Waals surface area contributed by atoms with Crippen molar-refractivity contribution in [3.05, 3.63) is 28.3 Å². The van der Waals surface area contributed by atoms with Crippen molar-refractivity contribution in [3.63, 3.8) is 0 Å². The minimum atomic E-state index is -0.180. The molecule has 0 aliphatic rings. The van der Waals surface area contributed by atoms with Crippen molar-refractivity contribution in [1.29, 1.82) is 0 Å². The summed E-state index contributed by atoms with van der Waals surface area (Å²) in [6.45, 7) is 6.62. The highest BCUT2D eigenvalue weighted by atomic mass is 32.1. The molecule has 7 nitrogen and oxygen atoms in total. The number of thiazole rings is 1. The van der Waals surface area contributed by atoms with Crippen LogP contribution in [0.5, 0.6) is 0 Å². The van der Waals surface area contributed by atoms with E-state index in [2.05, 4.69) is 25.8 Å². The molecule has 2 aromatic rings. The quantitative estimate of drug-likeness (QED) is 0.722. The summed E-state index contributed by atoms with van der Waals surface area (Å²) in [7, 11) is 0. The molecule has 2 N–H and O–H groups in total. The Balaban J connectivity index is 1.68. The van der Waals surface area contributed by atoms with Crippen molar-refractivity contribution < 1.29 is 9.32 Å². The van der Waals surface area contributed by atoms with Crippen molar-refractivity contribution >= 4 is 17.4 Å². The minimum Gasteiger partial charge on any atom is -0.339 e. The van der Waals surface area contributed by atoms with Gasteiger partial charge in [0.1, 0.15) is 5.01 Å². The number of aryl methyl sites for hydroxylation is 1. The highest BCUT2D eigenvalue weighted by molar-refractivity contribution is 7.09. The van der Waals surface area contributed by atoms with E-state index in [0.717, 1.165) is 23.7 Å². The van der Waals surface area contributed by atoms with E-state index in [4.69, 9.17) is 4.52 Å². The Morgan fingerprint density at radius 1 is 1.43 bits per heavy atom. The Labute approximate surface area is 139 Å². The highest BCUT2D eigenvalue weighted by Crippen LogP contribution is 2.18. The number of nitrogens with one attached hydrogen (secondary N) is 2. The molecule has 2 aromatic heterocycles. The van der Waals surface area contributed by atoms with Gasteiger partial charge in [0.25, 0.3) is 0 Å². The standard InChI is InChI=1S/C15H23N5O2S/c1-4-11(14-16-8-9-23-14)18-15(21)17-7-5-6-12-19-13(10(2)3)20-22-12/h8-11H,4-7H2,1-3H3,(H2,17,18,21).